The fourth-order valence-electron chi connectivity index (χ4n) is 0.684. The molecule has 0 aliphatic carbocycles. The van der Waals surface area contributed by atoms with Crippen LogP contribution in [0.5, 0.6) is 0 Å². The van der Waals surface area contributed by atoms with Crippen molar-refractivity contribution in [3.8, 4) is 0 Å². The molecular weight excluding hydrogens is 138 g/mol. The highest BCUT2D eigenvalue weighted by atomic mass is 16.5. The number of rotatable bonds is 4. The van der Waals surface area contributed by atoms with Crippen molar-refractivity contribution in [1.29, 1.82) is 0 Å². The maximum absolute atomic E-state index is 4.94. The zero-order valence-corrected chi connectivity index (χ0v) is 8.40. The molecule has 0 radical (unpaired) electrons. The first-order valence-electron chi connectivity index (χ1n) is 4.21. The van der Waals surface area contributed by atoms with Crippen LogP contribution in [0.4, 0.5) is 0 Å². The molecule has 0 saturated carbocycles. The zero-order chi connectivity index (χ0) is 8.91. The number of nitrogens with one attached hydrogen (secondary N) is 1. The Balaban J connectivity index is 3.44. The van der Waals surface area contributed by atoms with Crippen molar-refractivity contribution in [2.75, 3.05) is 20.3 Å². The molecule has 0 heterocycles. The lowest BCUT2D eigenvalue weighted by Crippen LogP contribution is -2.39. The summed E-state index contributed by atoms with van der Waals surface area (Å²) in [6.45, 7) is 10.6. The molecule has 2 heteroatoms. The van der Waals surface area contributed by atoms with E-state index in [9.17, 15) is 0 Å². The van der Waals surface area contributed by atoms with Gasteiger partial charge in [0.1, 0.15) is 0 Å². The number of hydrogen-bond donors (Lipinski definition) is 1. The van der Waals surface area contributed by atoms with Crippen molar-refractivity contribution in [2.24, 2.45) is 5.41 Å². The maximum Gasteiger partial charge on any atom is 0.0587 e. The molecule has 0 fully saturated rings. The average Bonchev–Trinajstić information content (AvgIpc) is 1.86. The Labute approximate surface area is 70.3 Å². The van der Waals surface area contributed by atoms with Crippen molar-refractivity contribution in [3.05, 3.63) is 0 Å². The first-order valence-corrected chi connectivity index (χ1v) is 4.21. The van der Waals surface area contributed by atoms with Crippen molar-refractivity contribution in [2.45, 2.75) is 33.7 Å². The second-order valence-corrected chi connectivity index (χ2v) is 4.03. The lowest BCUT2D eigenvalue weighted by molar-refractivity contribution is 0.184. The maximum atomic E-state index is 4.94. The molecule has 11 heavy (non-hydrogen) atoms. The van der Waals surface area contributed by atoms with Crippen LogP contribution in [0.15, 0.2) is 0 Å². The summed E-state index contributed by atoms with van der Waals surface area (Å²) in [7, 11) is 1.73. The Bertz CT molecular complexity index is 96.2. The molecule has 2 nitrogen and oxygen atoms in total. The predicted molar refractivity (Wildman–Crippen MR) is 48.8 cm³/mol. The van der Waals surface area contributed by atoms with E-state index in [2.05, 4.69) is 33.0 Å². The third-order valence-corrected chi connectivity index (χ3v) is 2.06. The van der Waals surface area contributed by atoms with Crippen LogP contribution < -0.4 is 5.32 Å². The molecule has 0 bridgehead atoms. The first kappa shape index (κ1) is 10.9. The molecule has 0 saturated heterocycles. The molecule has 68 valence electrons. The smallest absolute Gasteiger partial charge is 0.0587 e. The predicted octanol–water partition coefficient (Wildman–Crippen LogP) is 1.66. The molecule has 0 unspecified atom stereocenters. The lowest BCUT2D eigenvalue weighted by Gasteiger charge is -2.28. The van der Waals surface area contributed by atoms with Gasteiger partial charge in [-0.15, -0.1) is 0 Å². The van der Waals surface area contributed by atoms with Crippen LogP contribution in [-0.2, 0) is 4.74 Å². The van der Waals surface area contributed by atoms with Gasteiger partial charge in [-0.25, -0.2) is 0 Å². The summed E-state index contributed by atoms with van der Waals surface area (Å²) in [4.78, 5) is 0. The molecule has 0 aliphatic heterocycles. The van der Waals surface area contributed by atoms with Gasteiger partial charge in [-0.2, -0.15) is 0 Å². The van der Waals surface area contributed by atoms with Crippen LogP contribution in [0.1, 0.15) is 27.7 Å². The Hall–Kier alpha value is -0.0800. The minimum atomic E-state index is 0.341. The van der Waals surface area contributed by atoms with Gasteiger partial charge in [0.2, 0.25) is 0 Å². The van der Waals surface area contributed by atoms with Crippen molar-refractivity contribution in [1.82, 2.24) is 5.32 Å². The average molecular weight is 159 g/mol. The third kappa shape index (κ3) is 5.22. The van der Waals surface area contributed by atoms with Crippen LogP contribution in [-0.4, -0.2) is 26.3 Å². The fraction of sp³-hybridized carbons (Fsp3) is 1.00. The van der Waals surface area contributed by atoms with Gasteiger partial charge in [0.05, 0.1) is 6.61 Å². The first-order chi connectivity index (χ1) is 4.98. The largest absolute Gasteiger partial charge is 0.383 e. The van der Waals surface area contributed by atoms with E-state index in [1.165, 1.54) is 0 Å². The molecule has 0 aromatic rings. The van der Waals surface area contributed by atoms with E-state index in [-0.39, 0.29) is 0 Å². The topological polar surface area (TPSA) is 21.3 Å². The van der Waals surface area contributed by atoms with Gasteiger partial charge in [0.15, 0.2) is 0 Å². The molecule has 0 amide bonds. The normalized spacial score (nSPS) is 15.0. The number of methoxy groups -OCH3 is 1. The van der Waals surface area contributed by atoms with E-state index in [4.69, 9.17) is 4.74 Å². The summed E-state index contributed by atoms with van der Waals surface area (Å²) in [6, 6.07) is 0.539. The minimum Gasteiger partial charge on any atom is -0.383 e. The highest BCUT2D eigenvalue weighted by Gasteiger charge is 2.18. The molecule has 0 rings (SSSR count). The van der Waals surface area contributed by atoms with Crippen molar-refractivity contribution in [3.63, 3.8) is 0 Å². The molecule has 1 atom stereocenters. The Morgan fingerprint density at radius 1 is 1.36 bits per heavy atom. The lowest BCUT2D eigenvalue weighted by atomic mass is 9.88. The number of ether oxygens (including phenoxy) is 1. The van der Waals surface area contributed by atoms with E-state index in [0.29, 0.717) is 11.5 Å². The second-order valence-electron chi connectivity index (χ2n) is 4.03. The van der Waals surface area contributed by atoms with Gasteiger partial charge in [0.25, 0.3) is 0 Å². The van der Waals surface area contributed by atoms with Crippen LogP contribution in [0.25, 0.3) is 0 Å². The minimum absolute atomic E-state index is 0.341. The van der Waals surface area contributed by atoms with E-state index in [1.54, 1.807) is 7.11 Å². The van der Waals surface area contributed by atoms with Gasteiger partial charge in [-0.1, -0.05) is 20.8 Å². The standard InChI is InChI=1S/C9H21NO/c1-8(9(2,3)4)10-6-7-11-5/h8,10H,6-7H2,1-5H3/t8-/m1/s1. The van der Waals surface area contributed by atoms with Gasteiger partial charge in [-0.05, 0) is 12.3 Å². The summed E-state index contributed by atoms with van der Waals surface area (Å²) in [5.41, 5.74) is 0.341. The summed E-state index contributed by atoms with van der Waals surface area (Å²) in [5, 5.41) is 3.40. The van der Waals surface area contributed by atoms with Crippen LogP contribution in [0.3, 0.4) is 0 Å². The summed E-state index contributed by atoms with van der Waals surface area (Å²) >= 11 is 0. The van der Waals surface area contributed by atoms with Gasteiger partial charge >= 0.3 is 0 Å². The van der Waals surface area contributed by atoms with Gasteiger partial charge < -0.3 is 10.1 Å². The number of hydrogen-bond acceptors (Lipinski definition) is 2. The SMILES string of the molecule is COCCN[C@H](C)C(C)(C)C. The highest BCUT2D eigenvalue weighted by Crippen LogP contribution is 2.17. The van der Waals surface area contributed by atoms with E-state index in [1.807, 2.05) is 0 Å². The summed E-state index contributed by atoms with van der Waals surface area (Å²) < 4.78 is 4.94. The Morgan fingerprint density at radius 3 is 2.27 bits per heavy atom. The highest BCUT2D eigenvalue weighted by molar-refractivity contribution is 4.75. The molecule has 0 spiro atoms. The molecule has 0 aromatic heterocycles. The van der Waals surface area contributed by atoms with Gasteiger partial charge in [0, 0.05) is 19.7 Å². The fourth-order valence-corrected chi connectivity index (χ4v) is 0.684. The molecule has 1 N–H and O–H groups in total. The van der Waals surface area contributed by atoms with Crippen LogP contribution in [0, 0.1) is 5.41 Å². The molecule has 0 aliphatic rings. The Kier molecular flexibility index (Phi) is 4.69. The van der Waals surface area contributed by atoms with E-state index in [0.717, 1.165) is 13.2 Å². The summed E-state index contributed by atoms with van der Waals surface area (Å²) in [5.74, 6) is 0. The van der Waals surface area contributed by atoms with Crippen LogP contribution in [0.2, 0.25) is 0 Å². The van der Waals surface area contributed by atoms with E-state index < -0.39 is 0 Å². The second kappa shape index (κ2) is 4.73. The zero-order valence-electron chi connectivity index (χ0n) is 8.40. The van der Waals surface area contributed by atoms with Crippen molar-refractivity contribution >= 4 is 0 Å². The van der Waals surface area contributed by atoms with Gasteiger partial charge in [-0.3, -0.25) is 0 Å². The quantitative estimate of drug-likeness (QED) is 0.630. The summed E-state index contributed by atoms with van der Waals surface area (Å²) in [6.07, 6.45) is 0. The van der Waals surface area contributed by atoms with Crippen LogP contribution >= 0.6 is 0 Å². The molecule has 0 aromatic carbocycles. The molecular formula is C9H21NO. The monoisotopic (exact) mass is 159 g/mol. The Morgan fingerprint density at radius 2 is 1.91 bits per heavy atom. The third-order valence-electron chi connectivity index (χ3n) is 2.06. The van der Waals surface area contributed by atoms with E-state index >= 15 is 0 Å². The van der Waals surface area contributed by atoms with Crippen molar-refractivity contribution < 1.29 is 4.74 Å².